The van der Waals surface area contributed by atoms with Crippen LogP contribution in [0.3, 0.4) is 0 Å². The van der Waals surface area contributed by atoms with Crippen molar-refractivity contribution in [3.63, 3.8) is 0 Å². The van der Waals surface area contributed by atoms with Crippen LogP contribution in [0.2, 0.25) is 0 Å². The van der Waals surface area contributed by atoms with Crippen LogP contribution in [0.4, 0.5) is 11.4 Å². The number of anilines is 1. The van der Waals surface area contributed by atoms with Crippen molar-refractivity contribution in [3.05, 3.63) is 27.8 Å². The molecule has 1 saturated heterocycles. The van der Waals surface area contributed by atoms with E-state index in [1.165, 1.54) is 19.2 Å². The van der Waals surface area contributed by atoms with Gasteiger partial charge in [0.05, 0.1) is 17.4 Å². The zero-order valence-corrected chi connectivity index (χ0v) is 15.9. The van der Waals surface area contributed by atoms with E-state index >= 15 is 0 Å². The molecule has 0 radical (unpaired) electrons. The molecule has 9 heteroatoms. The highest BCUT2D eigenvalue weighted by molar-refractivity contribution is 6.09. The van der Waals surface area contributed by atoms with Gasteiger partial charge in [0.15, 0.2) is 5.75 Å². The van der Waals surface area contributed by atoms with Gasteiger partial charge in [-0.1, -0.05) is 19.3 Å². The van der Waals surface area contributed by atoms with E-state index in [1.807, 2.05) is 0 Å². The lowest BCUT2D eigenvalue weighted by molar-refractivity contribution is -0.385. The fourth-order valence-corrected chi connectivity index (χ4v) is 4.09. The van der Waals surface area contributed by atoms with Gasteiger partial charge in [-0.3, -0.25) is 29.4 Å². The molecule has 0 unspecified atom stereocenters. The lowest BCUT2D eigenvalue weighted by atomic mass is 9.73. The van der Waals surface area contributed by atoms with Gasteiger partial charge in [0.1, 0.15) is 6.54 Å². The van der Waals surface area contributed by atoms with Gasteiger partial charge in [-0.2, -0.15) is 0 Å². The van der Waals surface area contributed by atoms with Gasteiger partial charge in [0.2, 0.25) is 17.7 Å². The molecule has 2 aliphatic rings. The van der Waals surface area contributed by atoms with Crippen molar-refractivity contribution in [2.24, 2.45) is 5.41 Å². The highest BCUT2D eigenvalue weighted by Gasteiger charge is 2.51. The summed E-state index contributed by atoms with van der Waals surface area (Å²) in [5, 5.41) is 13.7. The largest absolute Gasteiger partial charge is 0.490 e. The monoisotopic (exact) mass is 389 g/mol. The second-order valence-electron chi connectivity index (χ2n) is 7.45. The van der Waals surface area contributed by atoms with Crippen molar-refractivity contribution in [2.75, 3.05) is 19.0 Å². The topological polar surface area (TPSA) is 119 Å². The molecule has 28 heavy (non-hydrogen) atoms. The number of methoxy groups -OCH3 is 1. The molecule has 1 aromatic rings. The molecule has 0 atom stereocenters. The Morgan fingerprint density at radius 2 is 1.96 bits per heavy atom. The van der Waals surface area contributed by atoms with Gasteiger partial charge in [0, 0.05) is 24.2 Å². The highest BCUT2D eigenvalue weighted by atomic mass is 16.6. The molecule has 3 amide bonds. The second-order valence-corrected chi connectivity index (χ2v) is 7.45. The van der Waals surface area contributed by atoms with Gasteiger partial charge in [0.25, 0.3) is 0 Å². The average molecular weight is 389 g/mol. The van der Waals surface area contributed by atoms with Crippen molar-refractivity contribution in [1.29, 1.82) is 0 Å². The number of nitrogens with one attached hydrogen (secondary N) is 1. The molecule has 3 rings (SSSR count). The quantitative estimate of drug-likeness (QED) is 0.470. The summed E-state index contributed by atoms with van der Waals surface area (Å²) in [6.07, 6.45) is 4.44. The van der Waals surface area contributed by atoms with E-state index in [2.05, 4.69) is 5.32 Å². The smallest absolute Gasteiger partial charge is 0.311 e. The van der Waals surface area contributed by atoms with Crippen LogP contribution in [0.1, 0.15) is 44.1 Å². The maximum absolute atomic E-state index is 12.8. The van der Waals surface area contributed by atoms with Crippen LogP contribution < -0.4 is 10.1 Å². The maximum atomic E-state index is 12.8. The summed E-state index contributed by atoms with van der Waals surface area (Å²) < 4.78 is 5.01. The molecule has 0 bridgehead atoms. The van der Waals surface area contributed by atoms with E-state index in [-0.39, 0.29) is 36.2 Å². The number of imide groups is 1. The molecule has 1 aliphatic carbocycles. The Bertz CT molecular complexity index is 844. The van der Waals surface area contributed by atoms with Crippen LogP contribution in [-0.2, 0) is 14.4 Å². The molecule has 1 heterocycles. The van der Waals surface area contributed by atoms with Crippen LogP contribution in [0, 0.1) is 22.5 Å². The number of rotatable bonds is 5. The summed E-state index contributed by atoms with van der Waals surface area (Å²) >= 11 is 0. The third-order valence-electron chi connectivity index (χ3n) is 5.60. The number of benzene rings is 1. The molecule has 1 aliphatic heterocycles. The summed E-state index contributed by atoms with van der Waals surface area (Å²) in [5.74, 6) is -1.10. The van der Waals surface area contributed by atoms with E-state index in [0.29, 0.717) is 24.1 Å². The Hall–Kier alpha value is -2.97. The van der Waals surface area contributed by atoms with Crippen molar-refractivity contribution in [2.45, 2.75) is 45.4 Å². The number of carbonyl (C=O) groups excluding carboxylic acids is 3. The summed E-state index contributed by atoms with van der Waals surface area (Å²) in [5.41, 5.74) is -0.0352. The Morgan fingerprint density at radius 3 is 2.57 bits per heavy atom. The van der Waals surface area contributed by atoms with Crippen LogP contribution in [0.25, 0.3) is 0 Å². The minimum Gasteiger partial charge on any atom is -0.490 e. The molecular formula is C19H23N3O6. The van der Waals surface area contributed by atoms with E-state index in [4.69, 9.17) is 4.74 Å². The van der Waals surface area contributed by atoms with E-state index in [1.54, 1.807) is 6.92 Å². The van der Waals surface area contributed by atoms with E-state index in [9.17, 15) is 24.5 Å². The molecule has 1 spiro atoms. The van der Waals surface area contributed by atoms with Gasteiger partial charge in [-0.05, 0) is 25.3 Å². The SMILES string of the molecule is COc1cc(NC(=O)CN2C(=O)CC3(CCCCC3)C2=O)c(C)cc1[N+](=O)[O-]. The number of nitro benzene ring substituents is 1. The summed E-state index contributed by atoms with van der Waals surface area (Å²) in [6.45, 7) is 1.25. The van der Waals surface area contributed by atoms with Crippen molar-refractivity contribution < 1.29 is 24.0 Å². The minimum absolute atomic E-state index is 0.0142. The first-order chi connectivity index (χ1) is 13.3. The van der Waals surface area contributed by atoms with Gasteiger partial charge in [-0.25, -0.2) is 0 Å². The fourth-order valence-electron chi connectivity index (χ4n) is 4.09. The lowest BCUT2D eigenvalue weighted by Crippen LogP contribution is -2.41. The van der Waals surface area contributed by atoms with Gasteiger partial charge < -0.3 is 10.1 Å². The molecule has 150 valence electrons. The number of ether oxygens (including phenoxy) is 1. The molecular weight excluding hydrogens is 366 g/mol. The van der Waals surface area contributed by atoms with Crippen molar-refractivity contribution >= 4 is 29.1 Å². The highest BCUT2D eigenvalue weighted by Crippen LogP contribution is 2.45. The van der Waals surface area contributed by atoms with Crippen molar-refractivity contribution in [3.8, 4) is 5.75 Å². The Labute approximate surface area is 162 Å². The first-order valence-corrected chi connectivity index (χ1v) is 9.25. The fraction of sp³-hybridized carbons (Fsp3) is 0.526. The summed E-state index contributed by atoms with van der Waals surface area (Å²) in [7, 11) is 1.30. The molecule has 9 nitrogen and oxygen atoms in total. The second kappa shape index (κ2) is 7.57. The van der Waals surface area contributed by atoms with E-state index < -0.39 is 16.2 Å². The molecule has 0 aromatic heterocycles. The Balaban J connectivity index is 1.73. The maximum Gasteiger partial charge on any atom is 0.311 e. The third-order valence-corrected chi connectivity index (χ3v) is 5.60. The van der Waals surface area contributed by atoms with Gasteiger partial charge >= 0.3 is 5.69 Å². The van der Waals surface area contributed by atoms with Crippen LogP contribution in [0.15, 0.2) is 12.1 Å². The van der Waals surface area contributed by atoms with Crippen LogP contribution in [0.5, 0.6) is 5.75 Å². The molecule has 1 aromatic carbocycles. The summed E-state index contributed by atoms with van der Waals surface area (Å²) in [4.78, 5) is 49.2. The van der Waals surface area contributed by atoms with Crippen LogP contribution in [-0.4, -0.2) is 41.2 Å². The number of likely N-dealkylation sites (tertiary alicyclic amines) is 1. The predicted molar refractivity (Wildman–Crippen MR) is 99.9 cm³/mol. The zero-order chi connectivity index (χ0) is 20.5. The first kappa shape index (κ1) is 19.8. The number of hydrogen-bond donors (Lipinski definition) is 1. The third kappa shape index (κ3) is 3.56. The average Bonchev–Trinajstić information content (AvgIpc) is 2.87. The van der Waals surface area contributed by atoms with E-state index in [0.717, 1.165) is 24.2 Å². The number of hydrogen-bond acceptors (Lipinski definition) is 6. The molecule has 2 fully saturated rings. The number of carbonyl (C=O) groups is 3. The molecule has 1 N–H and O–H groups in total. The number of aryl methyl sites for hydroxylation is 1. The predicted octanol–water partition coefficient (Wildman–Crippen LogP) is 2.56. The zero-order valence-electron chi connectivity index (χ0n) is 15.9. The van der Waals surface area contributed by atoms with Gasteiger partial charge in [-0.15, -0.1) is 0 Å². The number of nitro groups is 1. The number of nitrogens with zero attached hydrogens (tertiary/aromatic N) is 2. The van der Waals surface area contributed by atoms with Crippen molar-refractivity contribution in [1.82, 2.24) is 4.90 Å². The Morgan fingerprint density at radius 1 is 1.29 bits per heavy atom. The number of amides is 3. The Kier molecular flexibility index (Phi) is 5.35. The molecule has 1 saturated carbocycles. The standard InChI is InChI=1S/C19H23N3O6/c1-12-8-14(22(26)27)15(28-2)9-13(12)20-16(23)11-21-17(24)10-19(18(21)25)6-4-3-5-7-19/h8-9H,3-7,10-11H2,1-2H3,(H,20,23). The van der Waals surface area contributed by atoms with Crippen LogP contribution >= 0.6 is 0 Å². The lowest BCUT2D eigenvalue weighted by Gasteiger charge is -2.30. The normalized spacial score (nSPS) is 18.4. The first-order valence-electron chi connectivity index (χ1n) is 9.25. The minimum atomic E-state index is -0.637. The summed E-state index contributed by atoms with van der Waals surface area (Å²) in [6, 6.07) is 2.67.